The predicted octanol–water partition coefficient (Wildman–Crippen LogP) is 3.56. The summed E-state index contributed by atoms with van der Waals surface area (Å²) in [6.07, 6.45) is 1.34. The summed E-state index contributed by atoms with van der Waals surface area (Å²) in [5.41, 5.74) is 2.38. The standard InChI is InChI=1S/C14H21NOS/c1-3-16-14-8-11(2)4-5-13(14)15-9-12-6-7-17-10-12/h4-5,8,12,15H,3,6-7,9-10H2,1-2H3. The van der Waals surface area contributed by atoms with Crippen molar-refractivity contribution in [2.45, 2.75) is 20.3 Å². The van der Waals surface area contributed by atoms with Gasteiger partial charge in [-0.2, -0.15) is 11.8 Å². The van der Waals surface area contributed by atoms with E-state index in [0.717, 1.165) is 30.5 Å². The maximum atomic E-state index is 5.67. The van der Waals surface area contributed by atoms with E-state index in [4.69, 9.17) is 4.74 Å². The number of hydrogen-bond donors (Lipinski definition) is 1. The second-order valence-electron chi connectivity index (χ2n) is 4.54. The molecule has 0 saturated carbocycles. The van der Waals surface area contributed by atoms with E-state index in [1.807, 2.05) is 6.92 Å². The van der Waals surface area contributed by atoms with E-state index < -0.39 is 0 Å². The van der Waals surface area contributed by atoms with Crippen molar-refractivity contribution >= 4 is 17.4 Å². The van der Waals surface area contributed by atoms with E-state index in [1.54, 1.807) is 0 Å². The van der Waals surface area contributed by atoms with E-state index in [1.165, 1.54) is 23.5 Å². The molecule has 1 atom stereocenters. The average Bonchev–Trinajstić information content (AvgIpc) is 2.81. The first kappa shape index (κ1) is 12.6. The van der Waals surface area contributed by atoms with Crippen LogP contribution < -0.4 is 10.1 Å². The van der Waals surface area contributed by atoms with Gasteiger partial charge in [0.1, 0.15) is 5.75 Å². The highest BCUT2D eigenvalue weighted by Crippen LogP contribution is 2.28. The fraction of sp³-hybridized carbons (Fsp3) is 0.571. The Morgan fingerprint density at radius 2 is 2.35 bits per heavy atom. The maximum Gasteiger partial charge on any atom is 0.142 e. The molecule has 3 heteroatoms. The summed E-state index contributed by atoms with van der Waals surface area (Å²) in [5.74, 6) is 4.41. The monoisotopic (exact) mass is 251 g/mol. The molecule has 0 amide bonds. The van der Waals surface area contributed by atoms with Crippen molar-refractivity contribution in [3.63, 3.8) is 0 Å². The largest absolute Gasteiger partial charge is 0.492 e. The van der Waals surface area contributed by atoms with Crippen LogP contribution in [0.1, 0.15) is 18.9 Å². The van der Waals surface area contributed by atoms with Crippen molar-refractivity contribution in [3.05, 3.63) is 23.8 Å². The van der Waals surface area contributed by atoms with Crippen molar-refractivity contribution in [2.24, 2.45) is 5.92 Å². The van der Waals surface area contributed by atoms with Gasteiger partial charge < -0.3 is 10.1 Å². The Labute approximate surface area is 108 Å². The topological polar surface area (TPSA) is 21.3 Å². The molecule has 1 aromatic rings. The summed E-state index contributed by atoms with van der Waals surface area (Å²) < 4.78 is 5.67. The molecule has 0 aromatic heterocycles. The molecule has 2 nitrogen and oxygen atoms in total. The first-order valence-corrected chi connectivity index (χ1v) is 7.50. The Bertz CT molecular complexity index is 361. The summed E-state index contributed by atoms with van der Waals surface area (Å²) in [5, 5.41) is 3.53. The number of rotatable bonds is 5. The lowest BCUT2D eigenvalue weighted by Gasteiger charge is -2.15. The van der Waals surface area contributed by atoms with E-state index in [2.05, 4.69) is 42.2 Å². The summed E-state index contributed by atoms with van der Waals surface area (Å²) in [6, 6.07) is 6.37. The number of ether oxygens (including phenoxy) is 1. The number of thioether (sulfide) groups is 1. The Morgan fingerprint density at radius 1 is 1.47 bits per heavy atom. The molecule has 0 spiro atoms. The lowest BCUT2D eigenvalue weighted by Crippen LogP contribution is -2.14. The van der Waals surface area contributed by atoms with E-state index in [0.29, 0.717) is 0 Å². The SMILES string of the molecule is CCOc1cc(C)ccc1NCC1CCSC1. The van der Waals surface area contributed by atoms with Crippen LogP contribution in [-0.2, 0) is 0 Å². The molecule has 1 aromatic carbocycles. The third-order valence-corrected chi connectivity index (χ3v) is 4.27. The number of hydrogen-bond acceptors (Lipinski definition) is 3. The highest BCUT2D eigenvalue weighted by atomic mass is 32.2. The molecule has 0 radical (unpaired) electrons. The van der Waals surface area contributed by atoms with Crippen LogP contribution in [0.3, 0.4) is 0 Å². The molecule has 0 aliphatic carbocycles. The Hall–Kier alpha value is -0.830. The zero-order valence-corrected chi connectivity index (χ0v) is 11.5. The van der Waals surface area contributed by atoms with E-state index in [-0.39, 0.29) is 0 Å². The summed E-state index contributed by atoms with van der Waals surface area (Å²) in [4.78, 5) is 0. The molecular formula is C14H21NOS. The highest BCUT2D eigenvalue weighted by molar-refractivity contribution is 7.99. The lowest BCUT2D eigenvalue weighted by atomic mass is 10.1. The fourth-order valence-electron chi connectivity index (χ4n) is 2.05. The second kappa shape index (κ2) is 6.20. The van der Waals surface area contributed by atoms with Gasteiger partial charge in [0.25, 0.3) is 0 Å². The molecular weight excluding hydrogens is 230 g/mol. The second-order valence-corrected chi connectivity index (χ2v) is 5.69. The maximum absolute atomic E-state index is 5.67. The van der Waals surface area contributed by atoms with Gasteiger partial charge >= 0.3 is 0 Å². The quantitative estimate of drug-likeness (QED) is 0.864. The Balaban J connectivity index is 1.98. The normalized spacial score (nSPS) is 19.3. The van der Waals surface area contributed by atoms with Gasteiger partial charge in [0.15, 0.2) is 0 Å². The molecule has 1 unspecified atom stereocenters. The Morgan fingerprint density at radius 3 is 3.06 bits per heavy atom. The van der Waals surface area contributed by atoms with Crippen LogP contribution in [0.2, 0.25) is 0 Å². The first-order valence-electron chi connectivity index (χ1n) is 6.34. The van der Waals surface area contributed by atoms with Crippen molar-refractivity contribution in [1.82, 2.24) is 0 Å². The van der Waals surface area contributed by atoms with E-state index >= 15 is 0 Å². The van der Waals surface area contributed by atoms with Gasteiger partial charge in [0.05, 0.1) is 12.3 Å². The zero-order valence-electron chi connectivity index (χ0n) is 10.7. The molecule has 1 fully saturated rings. The van der Waals surface area contributed by atoms with Crippen LogP contribution in [0.5, 0.6) is 5.75 Å². The van der Waals surface area contributed by atoms with Gasteiger partial charge in [-0.1, -0.05) is 6.07 Å². The van der Waals surface area contributed by atoms with Gasteiger partial charge in [-0.25, -0.2) is 0 Å². The molecule has 1 aliphatic rings. The Kier molecular flexibility index (Phi) is 4.60. The zero-order chi connectivity index (χ0) is 12.1. The molecule has 1 saturated heterocycles. The fourth-order valence-corrected chi connectivity index (χ4v) is 3.33. The van der Waals surface area contributed by atoms with Crippen molar-refractivity contribution in [3.8, 4) is 5.75 Å². The molecule has 1 N–H and O–H groups in total. The summed E-state index contributed by atoms with van der Waals surface area (Å²) in [6.45, 7) is 5.91. The van der Waals surface area contributed by atoms with Crippen LogP contribution in [0.25, 0.3) is 0 Å². The molecule has 17 heavy (non-hydrogen) atoms. The molecule has 2 rings (SSSR count). The van der Waals surface area contributed by atoms with Crippen LogP contribution in [0, 0.1) is 12.8 Å². The van der Waals surface area contributed by atoms with Crippen molar-refractivity contribution < 1.29 is 4.74 Å². The first-order chi connectivity index (χ1) is 8.29. The highest BCUT2D eigenvalue weighted by Gasteiger charge is 2.15. The van der Waals surface area contributed by atoms with Gasteiger partial charge in [-0.15, -0.1) is 0 Å². The molecule has 1 aliphatic heterocycles. The third-order valence-electron chi connectivity index (χ3n) is 3.04. The van der Waals surface area contributed by atoms with Gasteiger partial charge in [-0.05, 0) is 55.4 Å². The summed E-state index contributed by atoms with van der Waals surface area (Å²) >= 11 is 2.06. The number of aryl methyl sites for hydroxylation is 1. The molecule has 1 heterocycles. The van der Waals surface area contributed by atoms with Crippen molar-refractivity contribution in [1.29, 1.82) is 0 Å². The number of benzene rings is 1. The van der Waals surface area contributed by atoms with Gasteiger partial charge in [-0.3, -0.25) is 0 Å². The van der Waals surface area contributed by atoms with Crippen LogP contribution in [0.4, 0.5) is 5.69 Å². The van der Waals surface area contributed by atoms with Gasteiger partial charge in [0, 0.05) is 6.54 Å². The smallest absolute Gasteiger partial charge is 0.142 e. The molecule has 0 bridgehead atoms. The predicted molar refractivity (Wildman–Crippen MR) is 76.3 cm³/mol. The van der Waals surface area contributed by atoms with E-state index in [9.17, 15) is 0 Å². The average molecular weight is 251 g/mol. The van der Waals surface area contributed by atoms with Crippen LogP contribution in [0.15, 0.2) is 18.2 Å². The lowest BCUT2D eigenvalue weighted by molar-refractivity contribution is 0.341. The minimum absolute atomic E-state index is 0.720. The van der Waals surface area contributed by atoms with Crippen molar-refractivity contribution in [2.75, 3.05) is 30.0 Å². The number of nitrogens with one attached hydrogen (secondary N) is 1. The minimum atomic E-state index is 0.720. The minimum Gasteiger partial charge on any atom is -0.492 e. The van der Waals surface area contributed by atoms with Crippen LogP contribution >= 0.6 is 11.8 Å². The van der Waals surface area contributed by atoms with Gasteiger partial charge in [0.2, 0.25) is 0 Å². The van der Waals surface area contributed by atoms with Crippen LogP contribution in [-0.4, -0.2) is 24.7 Å². The summed E-state index contributed by atoms with van der Waals surface area (Å²) in [7, 11) is 0. The number of anilines is 1. The third kappa shape index (κ3) is 3.56. The molecule has 94 valence electrons.